The van der Waals surface area contributed by atoms with Crippen LogP contribution in [-0.4, -0.2) is 37.1 Å². The number of Topliss-reactive ketones (excluding diaryl/α,β-unsaturated/α-hetero) is 1. The van der Waals surface area contributed by atoms with Gasteiger partial charge in [-0.05, 0) is 38.1 Å². The van der Waals surface area contributed by atoms with Gasteiger partial charge < -0.3 is 19.2 Å². The molecule has 0 spiro atoms. The normalized spacial score (nSPS) is 11.9. The van der Waals surface area contributed by atoms with Gasteiger partial charge >= 0.3 is 5.97 Å². The van der Waals surface area contributed by atoms with Crippen molar-refractivity contribution in [2.75, 3.05) is 14.2 Å². The number of nitrogens with one attached hydrogen (secondary N) is 1. The van der Waals surface area contributed by atoms with E-state index in [-0.39, 0.29) is 11.3 Å². The third-order valence-electron chi connectivity index (χ3n) is 4.41. The summed E-state index contributed by atoms with van der Waals surface area (Å²) in [7, 11) is 3.00. The highest BCUT2D eigenvalue weighted by molar-refractivity contribution is 6.11. The second-order valence-electron chi connectivity index (χ2n) is 6.15. The van der Waals surface area contributed by atoms with E-state index < -0.39 is 12.1 Å². The maximum atomic E-state index is 12.9. The fourth-order valence-corrected chi connectivity index (χ4v) is 3.04. The second-order valence-corrected chi connectivity index (χ2v) is 6.15. The molecule has 0 aliphatic heterocycles. The molecule has 0 fully saturated rings. The number of aromatic nitrogens is 1. The molecule has 1 heterocycles. The lowest BCUT2D eigenvalue weighted by atomic mass is 10.0. The zero-order valence-corrected chi connectivity index (χ0v) is 15.7. The number of ketones is 1. The number of esters is 1. The Morgan fingerprint density at radius 2 is 1.70 bits per heavy atom. The minimum Gasteiger partial charge on any atom is -0.493 e. The van der Waals surface area contributed by atoms with Crippen molar-refractivity contribution in [1.82, 2.24) is 4.98 Å². The smallest absolute Gasteiger partial charge is 0.338 e. The quantitative estimate of drug-likeness (QED) is 0.528. The minimum atomic E-state index is -0.927. The zero-order valence-electron chi connectivity index (χ0n) is 15.7. The van der Waals surface area contributed by atoms with Crippen LogP contribution in [0.1, 0.15) is 33.3 Å². The summed E-state index contributed by atoms with van der Waals surface area (Å²) in [6.07, 6.45) is -0.927. The molecule has 0 saturated heterocycles. The first-order valence-corrected chi connectivity index (χ1v) is 8.50. The van der Waals surface area contributed by atoms with Gasteiger partial charge in [0.1, 0.15) is 0 Å². The van der Waals surface area contributed by atoms with Crippen LogP contribution in [0.15, 0.2) is 42.5 Å². The molecule has 0 saturated carbocycles. The average Bonchev–Trinajstić information content (AvgIpc) is 3.02. The van der Waals surface area contributed by atoms with Crippen molar-refractivity contribution in [3.8, 4) is 11.5 Å². The molecule has 27 heavy (non-hydrogen) atoms. The maximum Gasteiger partial charge on any atom is 0.338 e. The number of aryl methyl sites for hydroxylation is 1. The third kappa shape index (κ3) is 3.51. The molecule has 1 N–H and O–H groups in total. The van der Waals surface area contributed by atoms with Crippen molar-refractivity contribution >= 4 is 22.7 Å². The fourth-order valence-electron chi connectivity index (χ4n) is 3.04. The number of rotatable bonds is 6. The Hall–Kier alpha value is -3.28. The number of hydrogen-bond acceptors (Lipinski definition) is 5. The van der Waals surface area contributed by atoms with Crippen LogP contribution < -0.4 is 9.47 Å². The molecule has 140 valence electrons. The number of ether oxygens (including phenoxy) is 3. The Bertz CT molecular complexity index is 1000. The molecule has 0 aliphatic rings. The van der Waals surface area contributed by atoms with Crippen LogP contribution in [0.5, 0.6) is 11.5 Å². The molecular formula is C21H21NO5. The standard InChI is InChI=1S/C21H21NO5/c1-12-19(15-7-5-6-8-16(15)22-12)20(23)13(2)27-21(24)14-9-10-17(25-3)18(11-14)26-4/h5-11,13,22H,1-4H3/t13-/m1/s1. The number of H-pyrrole nitrogens is 1. The summed E-state index contributed by atoms with van der Waals surface area (Å²) in [4.78, 5) is 28.5. The van der Waals surface area contributed by atoms with Crippen LogP contribution in [0.25, 0.3) is 10.9 Å². The monoisotopic (exact) mass is 367 g/mol. The number of fused-ring (bicyclic) bond motifs is 1. The van der Waals surface area contributed by atoms with E-state index in [2.05, 4.69) is 4.98 Å². The van der Waals surface area contributed by atoms with Crippen LogP contribution in [0.4, 0.5) is 0 Å². The van der Waals surface area contributed by atoms with Gasteiger partial charge in [0.15, 0.2) is 17.6 Å². The first-order valence-electron chi connectivity index (χ1n) is 8.50. The Morgan fingerprint density at radius 3 is 2.41 bits per heavy atom. The molecule has 0 aliphatic carbocycles. The molecule has 6 heteroatoms. The lowest BCUT2D eigenvalue weighted by molar-refractivity contribution is 0.0318. The molecule has 6 nitrogen and oxygen atoms in total. The fraction of sp³-hybridized carbons (Fsp3) is 0.238. The van der Waals surface area contributed by atoms with Gasteiger partial charge in [0.25, 0.3) is 0 Å². The minimum absolute atomic E-state index is 0.251. The number of aromatic amines is 1. The second kappa shape index (κ2) is 7.53. The van der Waals surface area contributed by atoms with Gasteiger partial charge in [-0.25, -0.2) is 4.79 Å². The summed E-state index contributed by atoms with van der Waals surface area (Å²) >= 11 is 0. The van der Waals surface area contributed by atoms with Gasteiger partial charge in [-0.2, -0.15) is 0 Å². The highest BCUT2D eigenvalue weighted by Gasteiger charge is 2.25. The van der Waals surface area contributed by atoms with Crippen LogP contribution in [0.2, 0.25) is 0 Å². The number of para-hydroxylation sites is 1. The molecule has 3 aromatic rings. The summed E-state index contributed by atoms with van der Waals surface area (Å²) in [6.45, 7) is 3.40. The van der Waals surface area contributed by atoms with Crippen molar-refractivity contribution in [2.45, 2.75) is 20.0 Å². The summed E-state index contributed by atoms with van der Waals surface area (Å²) < 4.78 is 15.8. The summed E-state index contributed by atoms with van der Waals surface area (Å²) in [5, 5.41) is 0.814. The van der Waals surface area contributed by atoms with Crippen molar-refractivity contribution in [1.29, 1.82) is 0 Å². The molecule has 1 aromatic heterocycles. The van der Waals surface area contributed by atoms with Crippen molar-refractivity contribution in [3.63, 3.8) is 0 Å². The van der Waals surface area contributed by atoms with Crippen molar-refractivity contribution in [3.05, 3.63) is 59.3 Å². The molecule has 0 unspecified atom stereocenters. The molecular weight excluding hydrogens is 346 g/mol. The van der Waals surface area contributed by atoms with E-state index in [4.69, 9.17) is 14.2 Å². The van der Waals surface area contributed by atoms with Gasteiger partial charge in [0.05, 0.1) is 19.8 Å². The van der Waals surface area contributed by atoms with Crippen molar-refractivity contribution < 1.29 is 23.8 Å². The van der Waals surface area contributed by atoms with Crippen LogP contribution >= 0.6 is 0 Å². The number of methoxy groups -OCH3 is 2. The largest absolute Gasteiger partial charge is 0.493 e. The van der Waals surface area contributed by atoms with Crippen LogP contribution in [0.3, 0.4) is 0 Å². The van der Waals surface area contributed by atoms with Crippen LogP contribution in [0, 0.1) is 6.92 Å². The lowest BCUT2D eigenvalue weighted by Gasteiger charge is -2.14. The number of hydrogen-bond donors (Lipinski definition) is 1. The van der Waals surface area contributed by atoms with Gasteiger partial charge in [-0.1, -0.05) is 18.2 Å². The van der Waals surface area contributed by atoms with E-state index in [0.29, 0.717) is 17.1 Å². The molecule has 0 radical (unpaired) electrons. The maximum absolute atomic E-state index is 12.9. The Labute approximate surface area is 157 Å². The van der Waals surface area contributed by atoms with Gasteiger partial charge in [0.2, 0.25) is 5.78 Å². The van der Waals surface area contributed by atoms with E-state index >= 15 is 0 Å². The number of carbonyl (C=O) groups is 2. The SMILES string of the molecule is COc1ccc(C(=O)O[C@H](C)C(=O)c2c(C)[nH]c3ccccc23)cc1OC. The predicted octanol–water partition coefficient (Wildman–Crippen LogP) is 3.92. The molecule has 3 rings (SSSR count). The first-order chi connectivity index (χ1) is 13.0. The summed E-state index contributed by atoms with van der Waals surface area (Å²) in [5.41, 5.74) is 2.44. The van der Waals surface area contributed by atoms with Crippen molar-refractivity contribution in [2.24, 2.45) is 0 Å². The van der Waals surface area contributed by atoms with Gasteiger partial charge in [0, 0.05) is 22.2 Å². The number of benzene rings is 2. The Balaban J connectivity index is 1.82. The van der Waals surface area contributed by atoms with E-state index in [9.17, 15) is 9.59 Å². The molecule has 0 amide bonds. The predicted molar refractivity (Wildman–Crippen MR) is 102 cm³/mol. The topological polar surface area (TPSA) is 77.6 Å². The number of carbonyl (C=O) groups excluding carboxylic acids is 2. The van der Waals surface area contributed by atoms with E-state index in [1.54, 1.807) is 19.1 Å². The first kappa shape index (κ1) is 18.5. The zero-order chi connectivity index (χ0) is 19.6. The van der Waals surface area contributed by atoms with Crippen LogP contribution in [-0.2, 0) is 4.74 Å². The molecule has 1 atom stereocenters. The molecule has 2 aromatic carbocycles. The van der Waals surface area contributed by atoms with E-state index in [1.165, 1.54) is 20.3 Å². The lowest BCUT2D eigenvalue weighted by Crippen LogP contribution is -2.25. The summed E-state index contributed by atoms with van der Waals surface area (Å²) in [5.74, 6) is 0.0686. The van der Waals surface area contributed by atoms with E-state index in [1.807, 2.05) is 31.2 Å². The van der Waals surface area contributed by atoms with Gasteiger partial charge in [-0.15, -0.1) is 0 Å². The highest BCUT2D eigenvalue weighted by atomic mass is 16.5. The summed E-state index contributed by atoms with van der Waals surface area (Å²) in [6, 6.07) is 12.2. The average molecular weight is 367 g/mol. The molecule has 0 bridgehead atoms. The van der Waals surface area contributed by atoms with Gasteiger partial charge in [-0.3, -0.25) is 4.79 Å². The van der Waals surface area contributed by atoms with E-state index in [0.717, 1.165) is 16.6 Å². The Morgan fingerprint density at radius 1 is 1.00 bits per heavy atom. The third-order valence-corrected chi connectivity index (χ3v) is 4.41. The highest BCUT2D eigenvalue weighted by Crippen LogP contribution is 2.28. The Kier molecular flexibility index (Phi) is 5.16.